The van der Waals surface area contributed by atoms with Gasteiger partial charge in [0.15, 0.2) is 11.5 Å². The van der Waals surface area contributed by atoms with Crippen molar-refractivity contribution in [1.82, 2.24) is 35.1 Å². The van der Waals surface area contributed by atoms with Crippen molar-refractivity contribution < 1.29 is 13.6 Å². The zero-order chi connectivity index (χ0) is 26.2. The van der Waals surface area contributed by atoms with Crippen LogP contribution in [0.3, 0.4) is 0 Å². The molecule has 0 unspecified atom stereocenters. The zero-order valence-electron chi connectivity index (χ0n) is 20.1. The van der Waals surface area contributed by atoms with Crippen LogP contribution in [0.1, 0.15) is 19.8 Å². The van der Waals surface area contributed by atoms with E-state index in [0.717, 1.165) is 0 Å². The van der Waals surface area contributed by atoms with E-state index in [2.05, 4.69) is 40.4 Å². The van der Waals surface area contributed by atoms with Crippen LogP contribution in [-0.2, 0) is 4.79 Å². The second-order valence-electron chi connectivity index (χ2n) is 8.69. The third-order valence-electron chi connectivity index (χ3n) is 6.08. The van der Waals surface area contributed by atoms with Crippen LogP contribution < -0.4 is 5.32 Å². The van der Waals surface area contributed by atoms with Crippen LogP contribution in [0, 0.1) is 11.6 Å². The third kappa shape index (κ3) is 4.13. The maximum atomic E-state index is 16.0. The first-order valence-electron chi connectivity index (χ1n) is 11.9. The number of carbonyl (C=O) groups is 1. The van der Waals surface area contributed by atoms with E-state index in [-0.39, 0.29) is 34.0 Å². The summed E-state index contributed by atoms with van der Waals surface area (Å²) in [6, 6.07) is 9.35. The second kappa shape index (κ2) is 9.43. The maximum Gasteiger partial charge on any atom is 0.224 e. The summed E-state index contributed by atoms with van der Waals surface area (Å²) in [4.78, 5) is 32.8. The summed E-state index contributed by atoms with van der Waals surface area (Å²) in [5.41, 5.74) is 4.05. The molecule has 6 aromatic rings. The van der Waals surface area contributed by atoms with Crippen molar-refractivity contribution in [2.45, 2.75) is 19.8 Å². The molecule has 0 radical (unpaired) electrons. The monoisotopic (exact) mass is 510 g/mol. The van der Waals surface area contributed by atoms with E-state index in [1.54, 1.807) is 30.5 Å². The maximum absolute atomic E-state index is 16.0. The lowest BCUT2D eigenvalue weighted by atomic mass is 10.1. The minimum Gasteiger partial charge on any atom is -0.336 e. The van der Waals surface area contributed by atoms with Gasteiger partial charge < -0.3 is 10.3 Å². The van der Waals surface area contributed by atoms with Crippen molar-refractivity contribution in [1.29, 1.82) is 0 Å². The van der Waals surface area contributed by atoms with Crippen LogP contribution in [0.4, 0.5) is 14.5 Å². The summed E-state index contributed by atoms with van der Waals surface area (Å²) in [7, 11) is 0. The Morgan fingerprint density at radius 1 is 1.00 bits per heavy atom. The van der Waals surface area contributed by atoms with Gasteiger partial charge in [0, 0.05) is 41.7 Å². The molecule has 38 heavy (non-hydrogen) atoms. The van der Waals surface area contributed by atoms with Crippen LogP contribution in [0.15, 0.2) is 61.2 Å². The Kier molecular flexibility index (Phi) is 5.79. The molecule has 3 N–H and O–H groups in total. The number of rotatable bonds is 6. The van der Waals surface area contributed by atoms with Gasteiger partial charge in [-0.3, -0.25) is 19.9 Å². The Hall–Kier alpha value is -5.06. The number of amides is 1. The molecule has 11 heteroatoms. The third-order valence-corrected chi connectivity index (χ3v) is 6.08. The van der Waals surface area contributed by atoms with Gasteiger partial charge in [0.1, 0.15) is 22.8 Å². The molecule has 1 amide bonds. The van der Waals surface area contributed by atoms with Crippen LogP contribution in [-0.4, -0.2) is 41.0 Å². The van der Waals surface area contributed by atoms with Crippen molar-refractivity contribution in [3.8, 4) is 33.9 Å². The molecule has 0 spiro atoms. The molecular weight excluding hydrogens is 490 g/mol. The van der Waals surface area contributed by atoms with Gasteiger partial charge in [0.2, 0.25) is 5.91 Å². The van der Waals surface area contributed by atoms with Crippen LogP contribution >= 0.6 is 0 Å². The van der Waals surface area contributed by atoms with E-state index in [0.29, 0.717) is 52.2 Å². The summed E-state index contributed by atoms with van der Waals surface area (Å²) in [6.45, 7) is 1.91. The summed E-state index contributed by atoms with van der Waals surface area (Å²) in [5.74, 6) is -0.736. The Balaban J connectivity index is 1.44. The largest absolute Gasteiger partial charge is 0.336 e. The number of aromatic amines is 2. The highest BCUT2D eigenvalue weighted by Gasteiger charge is 2.21. The molecule has 0 aliphatic heterocycles. The highest BCUT2D eigenvalue weighted by molar-refractivity contribution is 5.97. The molecule has 0 fully saturated rings. The predicted molar refractivity (Wildman–Crippen MR) is 139 cm³/mol. The van der Waals surface area contributed by atoms with E-state index in [4.69, 9.17) is 0 Å². The molecule has 1 aromatic carbocycles. The highest BCUT2D eigenvalue weighted by atomic mass is 19.1. The van der Waals surface area contributed by atoms with E-state index in [1.165, 1.54) is 30.7 Å². The van der Waals surface area contributed by atoms with Gasteiger partial charge in [-0.1, -0.05) is 6.92 Å². The van der Waals surface area contributed by atoms with Crippen LogP contribution in [0.5, 0.6) is 0 Å². The number of nitrogens with zero attached hydrogens (tertiary/aromatic N) is 5. The predicted octanol–water partition coefficient (Wildman–Crippen LogP) is 5.64. The number of aromatic nitrogens is 7. The Morgan fingerprint density at radius 3 is 2.66 bits per heavy atom. The number of fused-ring (bicyclic) bond motifs is 2. The van der Waals surface area contributed by atoms with Crippen molar-refractivity contribution in [2.24, 2.45) is 0 Å². The minimum atomic E-state index is -0.560. The second-order valence-corrected chi connectivity index (χ2v) is 8.69. The number of hydrogen-bond donors (Lipinski definition) is 3. The quantitative estimate of drug-likeness (QED) is 0.266. The van der Waals surface area contributed by atoms with E-state index >= 15 is 4.39 Å². The van der Waals surface area contributed by atoms with Crippen LogP contribution in [0.25, 0.3) is 56.0 Å². The minimum absolute atomic E-state index is 0.142. The smallest absolute Gasteiger partial charge is 0.224 e. The lowest BCUT2D eigenvalue weighted by Gasteiger charge is -2.08. The number of H-pyrrole nitrogens is 2. The van der Waals surface area contributed by atoms with Crippen molar-refractivity contribution in [3.05, 3.63) is 72.8 Å². The summed E-state index contributed by atoms with van der Waals surface area (Å²) >= 11 is 0. The summed E-state index contributed by atoms with van der Waals surface area (Å²) < 4.78 is 29.4. The lowest BCUT2D eigenvalue weighted by Crippen LogP contribution is -2.10. The molecule has 0 saturated heterocycles. The van der Waals surface area contributed by atoms with Crippen LogP contribution in [0.2, 0.25) is 0 Å². The molecule has 6 rings (SSSR count). The van der Waals surface area contributed by atoms with Crippen molar-refractivity contribution in [3.63, 3.8) is 0 Å². The number of pyridine rings is 3. The highest BCUT2D eigenvalue weighted by Crippen LogP contribution is 2.34. The molecule has 188 valence electrons. The molecule has 0 saturated carbocycles. The van der Waals surface area contributed by atoms with Crippen molar-refractivity contribution >= 4 is 33.7 Å². The van der Waals surface area contributed by atoms with E-state index < -0.39 is 5.82 Å². The number of imidazole rings is 1. The van der Waals surface area contributed by atoms with Gasteiger partial charge in [-0.15, -0.1) is 0 Å². The number of carbonyl (C=O) groups excluding carboxylic acids is 1. The number of hydrogen-bond acceptors (Lipinski definition) is 6. The fraction of sp³-hybridized carbons (Fsp3) is 0.111. The van der Waals surface area contributed by atoms with E-state index in [9.17, 15) is 9.18 Å². The van der Waals surface area contributed by atoms with E-state index in [1.807, 2.05) is 6.92 Å². The number of benzene rings is 1. The summed E-state index contributed by atoms with van der Waals surface area (Å²) in [5, 5.41) is 9.97. The summed E-state index contributed by atoms with van der Waals surface area (Å²) in [6.07, 6.45) is 7.10. The topological polar surface area (TPSA) is 125 Å². The van der Waals surface area contributed by atoms with Gasteiger partial charge in [0.05, 0.1) is 28.5 Å². The molecule has 9 nitrogen and oxygen atoms in total. The molecular formula is C27H20F2N8O. The average Bonchev–Trinajstić information content (AvgIpc) is 3.54. The molecule has 0 bridgehead atoms. The number of anilines is 1. The molecule has 0 atom stereocenters. The van der Waals surface area contributed by atoms with Gasteiger partial charge in [-0.2, -0.15) is 5.10 Å². The zero-order valence-corrected chi connectivity index (χ0v) is 20.1. The fourth-order valence-corrected chi connectivity index (χ4v) is 4.30. The number of halogens is 2. The fourth-order valence-electron chi connectivity index (χ4n) is 4.30. The lowest BCUT2D eigenvalue weighted by molar-refractivity contribution is -0.116. The molecule has 5 heterocycles. The Morgan fingerprint density at radius 2 is 1.84 bits per heavy atom. The standard InChI is InChI=1S/C27H20F2N8O/c1-2-3-20(38)33-17-10-15(11-30-12-17)18-13-32-26-21(22(18)29)25(36-37-26)27-34-19-8-9-31-23(24(19)35-27)14-4-6-16(28)7-5-14/h4-13H,2-3H2,1H3,(H,33,38)(H,34,35)(H,32,36,37). The SMILES string of the molecule is CCCC(=O)Nc1cncc(-c2cnc3[nH]nc(-c4nc5c(-c6ccc(F)cc6)nccc5[nH]4)c3c2F)c1. The Labute approximate surface area is 214 Å². The molecule has 5 aromatic heterocycles. The average molecular weight is 511 g/mol. The van der Waals surface area contributed by atoms with Crippen molar-refractivity contribution in [2.75, 3.05) is 5.32 Å². The first-order valence-corrected chi connectivity index (χ1v) is 11.9. The Bertz CT molecular complexity index is 1810. The van der Waals surface area contributed by atoms with Gasteiger partial charge in [-0.05, 0) is 42.8 Å². The van der Waals surface area contributed by atoms with Gasteiger partial charge in [-0.25, -0.2) is 18.7 Å². The first-order chi connectivity index (χ1) is 18.5. The molecule has 0 aliphatic carbocycles. The number of nitrogens with one attached hydrogen (secondary N) is 3. The van der Waals surface area contributed by atoms with Gasteiger partial charge in [0.25, 0.3) is 0 Å². The molecule has 0 aliphatic rings. The van der Waals surface area contributed by atoms with Gasteiger partial charge >= 0.3 is 0 Å². The first kappa shape index (κ1) is 23.3. The normalized spacial score (nSPS) is 11.3.